The van der Waals surface area contributed by atoms with Gasteiger partial charge in [0.2, 0.25) is 0 Å². The van der Waals surface area contributed by atoms with Gasteiger partial charge in [0.15, 0.2) is 12.5 Å². The number of methoxy groups -OCH3 is 2. The zero-order chi connectivity index (χ0) is 14.8. The van der Waals surface area contributed by atoms with Gasteiger partial charge in [-0.15, -0.1) is 0 Å². The summed E-state index contributed by atoms with van der Waals surface area (Å²) in [4.78, 5) is 14.1. The molecular weight excluding hydrogens is 270 g/mol. The molecule has 3 rings (SSSR count). The van der Waals surface area contributed by atoms with Gasteiger partial charge in [-0.3, -0.25) is 4.90 Å². The van der Waals surface area contributed by atoms with Gasteiger partial charge in [0.05, 0.1) is 5.56 Å². The minimum Gasteiger partial charge on any atom is -0.438 e. The van der Waals surface area contributed by atoms with Gasteiger partial charge in [0.1, 0.15) is 0 Å². The van der Waals surface area contributed by atoms with Crippen molar-refractivity contribution in [1.29, 1.82) is 0 Å². The van der Waals surface area contributed by atoms with Gasteiger partial charge in [-0.2, -0.15) is 0 Å². The number of hydrogen-bond donors (Lipinski definition) is 0. The molecule has 21 heavy (non-hydrogen) atoms. The van der Waals surface area contributed by atoms with Crippen LogP contribution in [0.5, 0.6) is 0 Å². The average molecular weight is 291 g/mol. The number of fused-ring (bicyclic) bond motifs is 1. The Morgan fingerprint density at radius 1 is 1.19 bits per heavy atom. The van der Waals surface area contributed by atoms with Crippen LogP contribution in [0.1, 0.15) is 35.0 Å². The van der Waals surface area contributed by atoms with Gasteiger partial charge in [-0.05, 0) is 18.9 Å². The number of likely N-dealkylation sites (tertiary alicyclic amines) is 1. The molecule has 1 aromatic carbocycles. The highest BCUT2D eigenvalue weighted by atomic mass is 16.7. The number of carbonyl (C=O) groups excluding carboxylic acids is 1. The first kappa shape index (κ1) is 14.5. The second-order valence-corrected chi connectivity index (χ2v) is 5.56. The van der Waals surface area contributed by atoms with Crippen LogP contribution in [0.25, 0.3) is 0 Å². The van der Waals surface area contributed by atoms with Crippen molar-refractivity contribution < 1.29 is 19.0 Å². The van der Waals surface area contributed by atoms with E-state index in [9.17, 15) is 4.79 Å². The maximum absolute atomic E-state index is 11.9. The van der Waals surface area contributed by atoms with E-state index in [0.29, 0.717) is 11.5 Å². The summed E-state index contributed by atoms with van der Waals surface area (Å²) in [5.74, 6) is 0.174. The monoisotopic (exact) mass is 291 g/mol. The third-order valence-electron chi connectivity index (χ3n) is 4.42. The van der Waals surface area contributed by atoms with Crippen molar-refractivity contribution in [2.24, 2.45) is 5.92 Å². The minimum atomic E-state index is -0.238. The topological polar surface area (TPSA) is 48.0 Å². The number of hydrogen-bond acceptors (Lipinski definition) is 5. The van der Waals surface area contributed by atoms with E-state index in [4.69, 9.17) is 14.2 Å². The molecule has 114 valence electrons. The highest BCUT2D eigenvalue weighted by Crippen LogP contribution is 2.36. The van der Waals surface area contributed by atoms with Crippen LogP contribution in [-0.4, -0.2) is 44.5 Å². The summed E-state index contributed by atoms with van der Waals surface area (Å²) < 4.78 is 16.2. The Balaban J connectivity index is 1.67. The van der Waals surface area contributed by atoms with E-state index in [0.717, 1.165) is 31.5 Å². The zero-order valence-electron chi connectivity index (χ0n) is 12.5. The largest absolute Gasteiger partial charge is 0.438 e. The Morgan fingerprint density at radius 3 is 2.52 bits per heavy atom. The van der Waals surface area contributed by atoms with Crippen molar-refractivity contribution in [2.45, 2.75) is 25.4 Å². The molecule has 1 atom stereocenters. The molecular formula is C16H21NO4. The van der Waals surface area contributed by atoms with E-state index in [1.54, 1.807) is 14.2 Å². The van der Waals surface area contributed by atoms with Crippen molar-refractivity contribution in [1.82, 2.24) is 4.90 Å². The Hall–Kier alpha value is -1.43. The van der Waals surface area contributed by atoms with Crippen LogP contribution in [0, 0.1) is 5.92 Å². The zero-order valence-corrected chi connectivity index (χ0v) is 12.5. The lowest BCUT2D eigenvalue weighted by molar-refractivity contribution is -0.152. The van der Waals surface area contributed by atoms with Gasteiger partial charge in [-0.25, -0.2) is 4.79 Å². The summed E-state index contributed by atoms with van der Waals surface area (Å²) in [7, 11) is 3.35. The number of carbonyl (C=O) groups is 1. The van der Waals surface area contributed by atoms with Crippen LogP contribution in [0.3, 0.4) is 0 Å². The standard InChI is InChI=1S/C16H21NO4/c1-19-16(20-2)11-7-9-17(10-8-11)14-12-5-3-4-6-13(12)15(18)21-14/h3-6,11,14,16H,7-10H2,1-2H3. The summed E-state index contributed by atoms with van der Waals surface area (Å²) in [5, 5.41) is 0. The van der Waals surface area contributed by atoms with Crippen LogP contribution in [-0.2, 0) is 14.2 Å². The first-order chi connectivity index (χ1) is 10.2. The van der Waals surface area contributed by atoms with Crippen LogP contribution < -0.4 is 0 Å². The molecule has 1 aromatic rings. The third-order valence-corrected chi connectivity index (χ3v) is 4.42. The molecule has 2 aliphatic heterocycles. The van der Waals surface area contributed by atoms with Gasteiger partial charge in [0, 0.05) is 38.8 Å². The Labute approximate surface area is 124 Å². The molecule has 5 nitrogen and oxygen atoms in total. The highest BCUT2D eigenvalue weighted by molar-refractivity contribution is 5.93. The smallest absolute Gasteiger partial charge is 0.340 e. The molecule has 1 fully saturated rings. The summed E-state index contributed by atoms with van der Waals surface area (Å²) in [6.07, 6.45) is 1.56. The molecule has 0 bridgehead atoms. The number of rotatable bonds is 4. The van der Waals surface area contributed by atoms with Gasteiger partial charge >= 0.3 is 5.97 Å². The van der Waals surface area contributed by atoms with Crippen molar-refractivity contribution in [3.8, 4) is 0 Å². The van der Waals surface area contributed by atoms with Crippen LogP contribution in [0.15, 0.2) is 24.3 Å². The van der Waals surface area contributed by atoms with E-state index in [1.165, 1.54) is 0 Å². The number of cyclic esters (lactones) is 1. The van der Waals surface area contributed by atoms with Crippen molar-refractivity contribution in [2.75, 3.05) is 27.3 Å². The van der Waals surface area contributed by atoms with E-state index in [2.05, 4.69) is 4.90 Å². The van der Waals surface area contributed by atoms with Crippen LogP contribution >= 0.6 is 0 Å². The number of nitrogens with zero attached hydrogens (tertiary/aromatic N) is 1. The second kappa shape index (κ2) is 6.13. The van der Waals surface area contributed by atoms with Gasteiger partial charge in [0.25, 0.3) is 0 Å². The number of piperidine rings is 1. The van der Waals surface area contributed by atoms with Crippen molar-refractivity contribution in [3.05, 3.63) is 35.4 Å². The lowest BCUT2D eigenvalue weighted by atomic mass is 9.95. The molecule has 1 saturated heterocycles. The van der Waals surface area contributed by atoms with E-state index < -0.39 is 0 Å². The molecule has 2 aliphatic rings. The second-order valence-electron chi connectivity index (χ2n) is 5.56. The number of benzene rings is 1. The molecule has 0 amide bonds. The first-order valence-electron chi connectivity index (χ1n) is 7.34. The fourth-order valence-corrected chi connectivity index (χ4v) is 3.31. The van der Waals surface area contributed by atoms with Gasteiger partial charge < -0.3 is 14.2 Å². The molecule has 2 heterocycles. The first-order valence-corrected chi connectivity index (χ1v) is 7.34. The number of ether oxygens (including phenoxy) is 3. The van der Waals surface area contributed by atoms with Crippen molar-refractivity contribution in [3.63, 3.8) is 0 Å². The normalized spacial score (nSPS) is 23.4. The lowest BCUT2D eigenvalue weighted by Gasteiger charge is -2.37. The SMILES string of the molecule is COC(OC)C1CCN(C2OC(=O)c3ccccc32)CC1. The summed E-state index contributed by atoms with van der Waals surface area (Å²) >= 11 is 0. The maximum Gasteiger partial charge on any atom is 0.340 e. The van der Waals surface area contributed by atoms with Crippen LogP contribution in [0.2, 0.25) is 0 Å². The Morgan fingerprint density at radius 2 is 1.86 bits per heavy atom. The Bertz CT molecular complexity index is 507. The highest BCUT2D eigenvalue weighted by Gasteiger charge is 2.37. The summed E-state index contributed by atoms with van der Waals surface area (Å²) in [5.41, 5.74) is 1.67. The third kappa shape index (κ3) is 2.69. The molecule has 0 aliphatic carbocycles. The summed E-state index contributed by atoms with van der Waals surface area (Å²) in [6.45, 7) is 1.75. The fourth-order valence-electron chi connectivity index (χ4n) is 3.31. The molecule has 0 spiro atoms. The fraction of sp³-hybridized carbons (Fsp3) is 0.562. The van der Waals surface area contributed by atoms with Gasteiger partial charge in [-0.1, -0.05) is 18.2 Å². The molecule has 0 radical (unpaired) electrons. The lowest BCUT2D eigenvalue weighted by Crippen LogP contribution is -2.40. The maximum atomic E-state index is 11.9. The molecule has 5 heteroatoms. The van der Waals surface area contributed by atoms with E-state index in [1.807, 2.05) is 24.3 Å². The summed E-state index contributed by atoms with van der Waals surface area (Å²) in [6, 6.07) is 7.63. The van der Waals surface area contributed by atoms with Crippen molar-refractivity contribution >= 4 is 5.97 Å². The molecule has 0 aromatic heterocycles. The van der Waals surface area contributed by atoms with E-state index in [-0.39, 0.29) is 18.5 Å². The molecule has 1 unspecified atom stereocenters. The predicted molar refractivity (Wildman–Crippen MR) is 76.7 cm³/mol. The molecule has 0 saturated carbocycles. The Kier molecular flexibility index (Phi) is 4.24. The molecule has 0 N–H and O–H groups in total. The average Bonchev–Trinajstić information content (AvgIpc) is 2.87. The number of esters is 1. The van der Waals surface area contributed by atoms with Crippen LogP contribution in [0.4, 0.5) is 0 Å². The predicted octanol–water partition coefficient (Wildman–Crippen LogP) is 2.19. The quantitative estimate of drug-likeness (QED) is 0.628. The van der Waals surface area contributed by atoms with E-state index >= 15 is 0 Å². The minimum absolute atomic E-state index is 0.148.